The third kappa shape index (κ3) is 2.01. The maximum atomic E-state index is 12.8. The fraction of sp³-hybridized carbons (Fsp3) is 0.250. The molecule has 0 spiro atoms. The minimum atomic E-state index is -0.0419. The zero-order valence-corrected chi connectivity index (χ0v) is 12.9. The van der Waals surface area contributed by atoms with Crippen molar-refractivity contribution >= 4 is 23.0 Å². The smallest absolute Gasteiger partial charge is 0.275 e. The average Bonchev–Trinajstić information content (AvgIpc) is 3.12. The second kappa shape index (κ2) is 4.88. The van der Waals surface area contributed by atoms with Gasteiger partial charge in [-0.05, 0) is 37.3 Å². The molecule has 0 fully saturated rings. The molecule has 6 heteroatoms. The molecule has 1 aliphatic heterocycles. The Bertz CT molecular complexity index is 866. The molecule has 0 aromatic carbocycles. The average molecular weight is 315 g/mol. The summed E-state index contributed by atoms with van der Waals surface area (Å²) in [4.78, 5) is 14.7. The van der Waals surface area contributed by atoms with Gasteiger partial charge >= 0.3 is 0 Å². The van der Waals surface area contributed by atoms with Crippen molar-refractivity contribution in [3.8, 4) is 0 Å². The second-order valence-corrected chi connectivity index (χ2v) is 5.98. The van der Waals surface area contributed by atoms with E-state index < -0.39 is 0 Å². The van der Waals surface area contributed by atoms with Gasteiger partial charge in [-0.1, -0.05) is 11.6 Å². The molecule has 0 saturated carbocycles. The fourth-order valence-corrected chi connectivity index (χ4v) is 3.23. The van der Waals surface area contributed by atoms with Crippen LogP contribution in [0.3, 0.4) is 0 Å². The Hall–Kier alpha value is -2.27. The number of rotatable bonds is 1. The summed E-state index contributed by atoms with van der Waals surface area (Å²) in [5.74, 6) is -0.0419. The highest BCUT2D eigenvalue weighted by molar-refractivity contribution is 6.30. The minimum Gasteiger partial charge on any atom is -0.348 e. The predicted molar refractivity (Wildman–Crippen MR) is 84.1 cm³/mol. The van der Waals surface area contributed by atoms with Crippen molar-refractivity contribution < 1.29 is 4.79 Å². The lowest BCUT2D eigenvalue weighted by atomic mass is 10.1. The first-order chi connectivity index (χ1) is 10.6. The number of carbonyl (C=O) groups is 1. The number of nitrogens with zero attached hydrogens (tertiary/aromatic N) is 4. The SMILES string of the molecule is CC1c2cccn2CCN1C(=O)c1cc2ccc(Cl)cn2n1. The van der Waals surface area contributed by atoms with E-state index in [1.807, 2.05) is 17.0 Å². The summed E-state index contributed by atoms with van der Waals surface area (Å²) in [7, 11) is 0. The number of pyridine rings is 1. The van der Waals surface area contributed by atoms with Crippen molar-refractivity contribution in [3.63, 3.8) is 0 Å². The maximum Gasteiger partial charge on any atom is 0.275 e. The molecule has 22 heavy (non-hydrogen) atoms. The number of hydrogen-bond donors (Lipinski definition) is 0. The molecule has 0 bridgehead atoms. The van der Waals surface area contributed by atoms with Gasteiger partial charge in [-0.3, -0.25) is 4.79 Å². The number of fused-ring (bicyclic) bond motifs is 2. The van der Waals surface area contributed by atoms with E-state index in [-0.39, 0.29) is 11.9 Å². The molecule has 0 saturated heterocycles. The largest absolute Gasteiger partial charge is 0.348 e. The van der Waals surface area contributed by atoms with Crippen LogP contribution in [-0.2, 0) is 6.54 Å². The Morgan fingerprint density at radius 1 is 1.32 bits per heavy atom. The van der Waals surface area contributed by atoms with Gasteiger partial charge in [0, 0.05) is 31.2 Å². The van der Waals surface area contributed by atoms with E-state index in [4.69, 9.17) is 11.6 Å². The van der Waals surface area contributed by atoms with Gasteiger partial charge < -0.3 is 9.47 Å². The van der Waals surface area contributed by atoms with Crippen LogP contribution in [-0.4, -0.2) is 31.5 Å². The van der Waals surface area contributed by atoms with Crippen LogP contribution >= 0.6 is 11.6 Å². The van der Waals surface area contributed by atoms with Crippen LogP contribution in [0.4, 0.5) is 0 Å². The molecule has 112 valence electrons. The lowest BCUT2D eigenvalue weighted by Gasteiger charge is -2.34. The van der Waals surface area contributed by atoms with Gasteiger partial charge in [0.25, 0.3) is 5.91 Å². The summed E-state index contributed by atoms with van der Waals surface area (Å²) >= 11 is 5.96. The lowest BCUT2D eigenvalue weighted by molar-refractivity contribution is 0.0637. The van der Waals surface area contributed by atoms with Crippen LogP contribution < -0.4 is 0 Å². The van der Waals surface area contributed by atoms with Gasteiger partial charge in [-0.15, -0.1) is 0 Å². The van der Waals surface area contributed by atoms with Gasteiger partial charge in [0.2, 0.25) is 0 Å². The highest BCUT2D eigenvalue weighted by Crippen LogP contribution is 2.27. The molecule has 1 amide bonds. The fourth-order valence-electron chi connectivity index (χ4n) is 3.07. The van der Waals surface area contributed by atoms with Gasteiger partial charge in [0.15, 0.2) is 5.69 Å². The van der Waals surface area contributed by atoms with Crippen molar-refractivity contribution in [2.45, 2.75) is 19.5 Å². The maximum absolute atomic E-state index is 12.8. The highest BCUT2D eigenvalue weighted by Gasteiger charge is 2.29. The summed E-state index contributed by atoms with van der Waals surface area (Å²) in [6.45, 7) is 3.56. The predicted octanol–water partition coefficient (Wildman–Crippen LogP) is 3.01. The molecule has 5 nitrogen and oxygen atoms in total. The van der Waals surface area contributed by atoms with E-state index in [1.54, 1.807) is 22.8 Å². The first-order valence-electron chi connectivity index (χ1n) is 7.24. The lowest BCUT2D eigenvalue weighted by Crippen LogP contribution is -2.40. The van der Waals surface area contributed by atoms with E-state index in [1.165, 1.54) is 0 Å². The second-order valence-electron chi connectivity index (χ2n) is 5.55. The van der Waals surface area contributed by atoms with Crippen LogP contribution in [0.25, 0.3) is 5.52 Å². The monoisotopic (exact) mass is 314 g/mol. The number of halogens is 1. The van der Waals surface area contributed by atoms with E-state index in [0.717, 1.165) is 17.8 Å². The zero-order valence-electron chi connectivity index (χ0n) is 12.1. The van der Waals surface area contributed by atoms with Crippen molar-refractivity contribution in [3.05, 3.63) is 59.1 Å². The van der Waals surface area contributed by atoms with Crippen LogP contribution in [0, 0.1) is 0 Å². The number of amides is 1. The van der Waals surface area contributed by atoms with Crippen molar-refractivity contribution in [2.75, 3.05) is 6.54 Å². The van der Waals surface area contributed by atoms with Crippen LogP contribution in [0.5, 0.6) is 0 Å². The Morgan fingerprint density at radius 2 is 2.18 bits per heavy atom. The molecule has 3 aromatic heterocycles. The molecular weight excluding hydrogens is 300 g/mol. The normalized spacial score (nSPS) is 17.7. The third-order valence-electron chi connectivity index (χ3n) is 4.25. The minimum absolute atomic E-state index is 0.0419. The number of carbonyl (C=O) groups excluding carboxylic acids is 1. The Morgan fingerprint density at radius 3 is 3.05 bits per heavy atom. The molecule has 4 rings (SSSR count). The molecule has 1 unspecified atom stereocenters. The molecule has 1 aliphatic rings. The topological polar surface area (TPSA) is 42.5 Å². The van der Waals surface area contributed by atoms with E-state index >= 15 is 0 Å². The summed E-state index contributed by atoms with van der Waals surface area (Å²) < 4.78 is 3.84. The van der Waals surface area contributed by atoms with Gasteiger partial charge in [0.05, 0.1) is 16.6 Å². The summed E-state index contributed by atoms with van der Waals surface area (Å²) in [5, 5.41) is 4.96. The standard InChI is InChI=1S/C16H15ClN4O/c1-11-15-3-2-6-19(15)7-8-20(11)16(22)14-9-13-5-4-12(17)10-21(13)18-14/h2-6,9-11H,7-8H2,1H3. The molecule has 0 aliphatic carbocycles. The molecule has 3 aromatic rings. The Balaban J connectivity index is 1.68. The van der Waals surface area contributed by atoms with E-state index in [2.05, 4.69) is 28.9 Å². The van der Waals surface area contributed by atoms with E-state index in [9.17, 15) is 4.79 Å². The first-order valence-corrected chi connectivity index (χ1v) is 7.62. The number of aromatic nitrogens is 3. The highest BCUT2D eigenvalue weighted by atomic mass is 35.5. The first kappa shape index (κ1) is 13.4. The molecule has 1 atom stereocenters. The van der Waals surface area contributed by atoms with E-state index in [0.29, 0.717) is 17.3 Å². The van der Waals surface area contributed by atoms with Crippen molar-refractivity contribution in [1.29, 1.82) is 0 Å². The number of hydrogen-bond acceptors (Lipinski definition) is 2. The van der Waals surface area contributed by atoms with Crippen molar-refractivity contribution in [1.82, 2.24) is 19.1 Å². The zero-order chi connectivity index (χ0) is 15.3. The van der Waals surface area contributed by atoms with Crippen LogP contribution in [0.2, 0.25) is 5.02 Å². The molecule has 0 N–H and O–H groups in total. The third-order valence-corrected chi connectivity index (χ3v) is 4.47. The van der Waals surface area contributed by atoms with Gasteiger partial charge in [-0.25, -0.2) is 4.52 Å². The van der Waals surface area contributed by atoms with Gasteiger partial charge in [-0.2, -0.15) is 5.10 Å². The molecule has 0 radical (unpaired) electrons. The summed E-state index contributed by atoms with van der Waals surface area (Å²) in [6.07, 6.45) is 3.76. The summed E-state index contributed by atoms with van der Waals surface area (Å²) in [6, 6.07) is 9.59. The Labute approximate surface area is 132 Å². The molecular formula is C16H15ClN4O. The van der Waals surface area contributed by atoms with Crippen molar-refractivity contribution in [2.24, 2.45) is 0 Å². The van der Waals surface area contributed by atoms with Crippen LogP contribution in [0.15, 0.2) is 42.7 Å². The van der Waals surface area contributed by atoms with Gasteiger partial charge in [0.1, 0.15) is 0 Å². The molecule has 4 heterocycles. The quantitative estimate of drug-likeness (QED) is 0.693. The van der Waals surface area contributed by atoms with Crippen LogP contribution in [0.1, 0.15) is 29.1 Å². The Kier molecular flexibility index (Phi) is 2.97. The summed E-state index contributed by atoms with van der Waals surface area (Å²) in [5.41, 5.74) is 2.47.